The summed E-state index contributed by atoms with van der Waals surface area (Å²) in [5.74, 6) is 0.0381. The van der Waals surface area contributed by atoms with Crippen LogP contribution in [0.3, 0.4) is 0 Å². The van der Waals surface area contributed by atoms with Crippen molar-refractivity contribution >= 4 is 5.91 Å². The third kappa shape index (κ3) is 3.34. The molecule has 0 aliphatic carbocycles. The Morgan fingerprint density at radius 3 is 2.68 bits per heavy atom. The molecule has 2 heterocycles. The van der Waals surface area contributed by atoms with E-state index in [0.29, 0.717) is 25.8 Å². The van der Waals surface area contributed by atoms with E-state index in [2.05, 4.69) is 4.98 Å². The summed E-state index contributed by atoms with van der Waals surface area (Å²) >= 11 is 0. The van der Waals surface area contributed by atoms with Gasteiger partial charge >= 0.3 is 0 Å². The fourth-order valence-electron chi connectivity index (χ4n) is 3.01. The van der Waals surface area contributed by atoms with Crippen LogP contribution in [0, 0.1) is 0 Å². The van der Waals surface area contributed by atoms with Crippen LogP contribution in [0.15, 0.2) is 54.7 Å². The number of pyridine rings is 1. The number of aromatic nitrogens is 1. The number of hydrogen-bond acceptors (Lipinski definition) is 3. The Balaban J connectivity index is 1.70. The minimum atomic E-state index is -0.451. The number of benzene rings is 1. The SMILES string of the molecule is O=C(Cc1ccccn1)N1CC[C@@H](O)[C@@H]1Cc1ccccc1. The molecule has 0 radical (unpaired) electrons. The van der Waals surface area contributed by atoms with Gasteiger partial charge in [-0.25, -0.2) is 0 Å². The first kappa shape index (κ1) is 14.7. The molecule has 1 saturated heterocycles. The zero-order valence-corrected chi connectivity index (χ0v) is 12.4. The molecule has 2 atom stereocenters. The van der Waals surface area contributed by atoms with Gasteiger partial charge in [0.15, 0.2) is 0 Å². The van der Waals surface area contributed by atoms with Crippen molar-refractivity contribution in [3.05, 3.63) is 66.0 Å². The molecule has 2 aromatic rings. The molecule has 1 fully saturated rings. The predicted octanol–water partition coefficient (Wildman–Crippen LogP) is 1.83. The Hall–Kier alpha value is -2.20. The van der Waals surface area contributed by atoms with Gasteiger partial charge in [0.05, 0.1) is 18.6 Å². The molecular formula is C18H20N2O2. The maximum absolute atomic E-state index is 12.5. The summed E-state index contributed by atoms with van der Waals surface area (Å²) in [6.45, 7) is 0.615. The molecule has 4 heteroatoms. The van der Waals surface area contributed by atoms with Gasteiger partial charge in [-0.1, -0.05) is 36.4 Å². The molecule has 0 bridgehead atoms. The Bertz CT molecular complexity index is 615. The van der Waals surface area contributed by atoms with Crippen LogP contribution in [0.1, 0.15) is 17.7 Å². The van der Waals surface area contributed by atoms with E-state index in [1.54, 1.807) is 6.20 Å². The molecule has 114 valence electrons. The average Bonchev–Trinajstić information content (AvgIpc) is 2.90. The van der Waals surface area contributed by atoms with Gasteiger partial charge in [0.2, 0.25) is 5.91 Å². The van der Waals surface area contributed by atoms with Gasteiger partial charge in [-0.2, -0.15) is 0 Å². The number of nitrogens with zero attached hydrogens (tertiary/aromatic N) is 2. The Morgan fingerprint density at radius 1 is 1.18 bits per heavy atom. The van der Waals surface area contributed by atoms with Crippen LogP contribution in [0.5, 0.6) is 0 Å². The highest BCUT2D eigenvalue weighted by Gasteiger charge is 2.35. The molecule has 22 heavy (non-hydrogen) atoms. The highest BCUT2D eigenvalue weighted by atomic mass is 16.3. The van der Waals surface area contributed by atoms with Gasteiger partial charge in [-0.3, -0.25) is 9.78 Å². The van der Waals surface area contributed by atoms with Crippen molar-refractivity contribution in [1.82, 2.24) is 9.88 Å². The number of likely N-dealkylation sites (tertiary alicyclic amines) is 1. The van der Waals surface area contributed by atoms with E-state index in [4.69, 9.17) is 0 Å². The third-order valence-electron chi connectivity index (χ3n) is 4.18. The lowest BCUT2D eigenvalue weighted by molar-refractivity contribution is -0.132. The second-order valence-electron chi connectivity index (χ2n) is 5.70. The highest BCUT2D eigenvalue weighted by molar-refractivity contribution is 5.79. The summed E-state index contributed by atoms with van der Waals surface area (Å²) in [4.78, 5) is 18.6. The van der Waals surface area contributed by atoms with Crippen molar-refractivity contribution in [3.8, 4) is 0 Å². The van der Waals surface area contributed by atoms with Crippen LogP contribution in [0.25, 0.3) is 0 Å². The minimum absolute atomic E-state index is 0.0381. The minimum Gasteiger partial charge on any atom is -0.391 e. The van der Waals surface area contributed by atoms with Crippen LogP contribution in [-0.2, 0) is 17.6 Å². The first-order valence-electron chi connectivity index (χ1n) is 7.65. The van der Waals surface area contributed by atoms with E-state index in [9.17, 15) is 9.90 Å². The van der Waals surface area contributed by atoms with Crippen molar-refractivity contribution in [2.24, 2.45) is 0 Å². The Morgan fingerprint density at radius 2 is 1.95 bits per heavy atom. The predicted molar refractivity (Wildman–Crippen MR) is 84.2 cm³/mol. The second-order valence-corrected chi connectivity index (χ2v) is 5.70. The van der Waals surface area contributed by atoms with Gasteiger partial charge in [0, 0.05) is 18.4 Å². The normalized spacial score (nSPS) is 21.0. The molecule has 0 unspecified atom stereocenters. The fraction of sp³-hybridized carbons (Fsp3) is 0.333. The zero-order chi connectivity index (χ0) is 15.4. The van der Waals surface area contributed by atoms with Crippen LogP contribution >= 0.6 is 0 Å². The average molecular weight is 296 g/mol. The Kier molecular flexibility index (Phi) is 4.49. The lowest BCUT2D eigenvalue weighted by Crippen LogP contribution is -2.41. The van der Waals surface area contributed by atoms with E-state index in [1.807, 2.05) is 53.4 Å². The van der Waals surface area contributed by atoms with Crippen molar-refractivity contribution in [1.29, 1.82) is 0 Å². The molecule has 1 aliphatic heterocycles. The molecule has 1 amide bonds. The molecule has 1 aromatic carbocycles. The van der Waals surface area contributed by atoms with E-state index in [1.165, 1.54) is 0 Å². The topological polar surface area (TPSA) is 53.4 Å². The summed E-state index contributed by atoms with van der Waals surface area (Å²) in [7, 11) is 0. The molecule has 4 nitrogen and oxygen atoms in total. The van der Waals surface area contributed by atoms with Crippen LogP contribution < -0.4 is 0 Å². The number of carbonyl (C=O) groups excluding carboxylic acids is 1. The summed E-state index contributed by atoms with van der Waals surface area (Å²) in [5.41, 5.74) is 1.91. The summed E-state index contributed by atoms with van der Waals surface area (Å²) in [5, 5.41) is 10.2. The molecule has 1 N–H and O–H groups in total. The zero-order valence-electron chi connectivity index (χ0n) is 12.4. The highest BCUT2D eigenvalue weighted by Crippen LogP contribution is 2.22. The molecule has 1 aromatic heterocycles. The summed E-state index contributed by atoms with van der Waals surface area (Å²) in [6.07, 6.45) is 2.87. The quantitative estimate of drug-likeness (QED) is 0.936. The number of amides is 1. The van der Waals surface area contributed by atoms with Crippen molar-refractivity contribution in [3.63, 3.8) is 0 Å². The van der Waals surface area contributed by atoms with Gasteiger partial charge in [0.1, 0.15) is 0 Å². The van der Waals surface area contributed by atoms with E-state index < -0.39 is 6.10 Å². The standard InChI is InChI=1S/C18H20N2O2/c21-17-9-11-20(16(17)12-14-6-2-1-3-7-14)18(22)13-15-8-4-5-10-19-15/h1-8,10,16-17,21H,9,11-13H2/t16-,17+/m0/s1. The number of aliphatic hydroxyl groups excluding tert-OH is 1. The largest absolute Gasteiger partial charge is 0.391 e. The van der Waals surface area contributed by atoms with Gasteiger partial charge in [-0.05, 0) is 30.5 Å². The number of carbonyl (C=O) groups is 1. The summed E-state index contributed by atoms with van der Waals surface area (Å²) in [6, 6.07) is 15.4. The summed E-state index contributed by atoms with van der Waals surface area (Å²) < 4.78 is 0. The van der Waals surface area contributed by atoms with Crippen LogP contribution in [0.4, 0.5) is 0 Å². The fourth-order valence-corrected chi connectivity index (χ4v) is 3.01. The van der Waals surface area contributed by atoms with E-state index >= 15 is 0 Å². The monoisotopic (exact) mass is 296 g/mol. The third-order valence-corrected chi connectivity index (χ3v) is 4.18. The molecular weight excluding hydrogens is 276 g/mol. The number of rotatable bonds is 4. The van der Waals surface area contributed by atoms with Crippen LogP contribution in [-0.4, -0.2) is 39.6 Å². The van der Waals surface area contributed by atoms with Crippen molar-refractivity contribution in [2.45, 2.75) is 31.4 Å². The second kappa shape index (κ2) is 6.71. The molecule has 0 spiro atoms. The molecule has 1 aliphatic rings. The number of hydrogen-bond donors (Lipinski definition) is 1. The lowest BCUT2D eigenvalue weighted by atomic mass is 10.0. The van der Waals surface area contributed by atoms with Gasteiger partial charge < -0.3 is 10.0 Å². The Labute approximate surface area is 130 Å². The van der Waals surface area contributed by atoms with Crippen molar-refractivity contribution < 1.29 is 9.90 Å². The first-order chi connectivity index (χ1) is 10.7. The maximum atomic E-state index is 12.5. The van der Waals surface area contributed by atoms with Gasteiger partial charge in [0.25, 0.3) is 0 Å². The van der Waals surface area contributed by atoms with Crippen molar-refractivity contribution in [2.75, 3.05) is 6.54 Å². The van der Waals surface area contributed by atoms with E-state index in [0.717, 1.165) is 11.3 Å². The van der Waals surface area contributed by atoms with Gasteiger partial charge in [-0.15, -0.1) is 0 Å². The van der Waals surface area contributed by atoms with Crippen LogP contribution in [0.2, 0.25) is 0 Å². The molecule has 3 rings (SSSR count). The smallest absolute Gasteiger partial charge is 0.228 e. The first-order valence-corrected chi connectivity index (χ1v) is 7.65. The van der Waals surface area contributed by atoms with E-state index in [-0.39, 0.29) is 11.9 Å². The maximum Gasteiger partial charge on any atom is 0.228 e. The lowest BCUT2D eigenvalue weighted by Gasteiger charge is -2.26. The number of aliphatic hydroxyl groups is 1. The molecule has 0 saturated carbocycles.